The van der Waals surface area contributed by atoms with Crippen LogP contribution in [0.5, 0.6) is 11.5 Å². The van der Waals surface area contributed by atoms with Crippen LogP contribution in [-0.4, -0.2) is 24.2 Å². The van der Waals surface area contributed by atoms with E-state index >= 15 is 0 Å². The maximum atomic E-state index is 5.38. The lowest BCUT2D eigenvalue weighted by Crippen LogP contribution is -1.98. The van der Waals surface area contributed by atoms with Gasteiger partial charge in [-0.15, -0.1) is 0 Å². The summed E-state index contributed by atoms with van der Waals surface area (Å²) in [5.74, 6) is 2.04. The molecule has 3 aromatic rings. The van der Waals surface area contributed by atoms with Crippen molar-refractivity contribution in [2.24, 2.45) is 0 Å². The zero-order chi connectivity index (χ0) is 16.4. The van der Waals surface area contributed by atoms with Crippen LogP contribution in [0.4, 0.5) is 11.5 Å². The number of hydrogen-bond acceptors (Lipinski definition) is 5. The van der Waals surface area contributed by atoms with Crippen LogP contribution in [0.3, 0.4) is 0 Å². The fraction of sp³-hybridized carbons (Fsp3) is 0.222. The van der Waals surface area contributed by atoms with Crippen molar-refractivity contribution >= 4 is 22.4 Å². The van der Waals surface area contributed by atoms with Crippen LogP contribution < -0.4 is 14.8 Å². The monoisotopic (exact) mass is 309 g/mol. The van der Waals surface area contributed by atoms with Crippen LogP contribution >= 0.6 is 0 Å². The lowest BCUT2D eigenvalue weighted by molar-refractivity contribution is 0.356. The molecule has 5 nitrogen and oxygen atoms in total. The molecule has 1 heterocycles. The molecule has 0 aliphatic carbocycles. The molecule has 5 heteroatoms. The highest BCUT2D eigenvalue weighted by atomic mass is 16.5. The average Bonchev–Trinajstić information content (AvgIpc) is 2.53. The molecular weight excluding hydrogens is 290 g/mol. The Morgan fingerprint density at radius 2 is 1.48 bits per heavy atom. The lowest BCUT2D eigenvalue weighted by atomic mass is 10.1. The third kappa shape index (κ3) is 3.04. The molecule has 0 fully saturated rings. The van der Waals surface area contributed by atoms with Gasteiger partial charge >= 0.3 is 0 Å². The predicted molar refractivity (Wildman–Crippen MR) is 91.8 cm³/mol. The molecule has 3 rings (SSSR count). The summed E-state index contributed by atoms with van der Waals surface area (Å²) in [6, 6.07) is 10.0. The number of rotatable bonds is 4. The van der Waals surface area contributed by atoms with Crippen molar-refractivity contribution in [3.63, 3.8) is 0 Å². The number of nitrogens with one attached hydrogen (secondary N) is 1. The van der Waals surface area contributed by atoms with E-state index in [1.807, 2.05) is 12.1 Å². The van der Waals surface area contributed by atoms with Gasteiger partial charge in [0.05, 0.1) is 19.7 Å². The summed E-state index contributed by atoms with van der Waals surface area (Å²) in [6.45, 7) is 4.15. The number of hydrogen-bond donors (Lipinski definition) is 1. The highest BCUT2D eigenvalue weighted by molar-refractivity contribution is 5.93. The van der Waals surface area contributed by atoms with Gasteiger partial charge in [0.2, 0.25) is 0 Å². The minimum atomic E-state index is 0.649. The van der Waals surface area contributed by atoms with E-state index in [-0.39, 0.29) is 0 Å². The molecule has 118 valence electrons. The topological polar surface area (TPSA) is 56.3 Å². The fourth-order valence-electron chi connectivity index (χ4n) is 2.67. The zero-order valence-corrected chi connectivity index (χ0v) is 13.7. The van der Waals surface area contributed by atoms with Crippen LogP contribution in [-0.2, 0) is 0 Å². The Balaban J connectivity index is 2.10. The number of anilines is 2. The Hall–Kier alpha value is -2.82. The highest BCUT2D eigenvalue weighted by Gasteiger charge is 2.11. The standard InChI is InChI=1S/C18H19N3O2/c1-11-5-12(2)7-13(6-11)21-18-14-8-16(22-3)17(23-4)9-15(14)19-10-20-18/h5-10H,1-4H3,(H,19,20,21). The van der Waals surface area contributed by atoms with Crippen molar-refractivity contribution in [3.8, 4) is 11.5 Å². The van der Waals surface area contributed by atoms with Crippen LogP contribution in [0.1, 0.15) is 11.1 Å². The second kappa shape index (κ2) is 6.12. The molecule has 0 saturated heterocycles. The number of methoxy groups -OCH3 is 2. The Kier molecular flexibility index (Phi) is 4.02. The maximum absolute atomic E-state index is 5.38. The Labute approximate surface area is 135 Å². The smallest absolute Gasteiger partial charge is 0.162 e. The van der Waals surface area contributed by atoms with Gasteiger partial charge in [0.1, 0.15) is 12.1 Å². The van der Waals surface area contributed by atoms with Gasteiger partial charge in [-0.3, -0.25) is 0 Å². The van der Waals surface area contributed by atoms with E-state index in [0.717, 1.165) is 22.4 Å². The molecule has 0 atom stereocenters. The molecule has 0 saturated carbocycles. The second-order valence-electron chi connectivity index (χ2n) is 5.45. The molecule has 0 aliphatic rings. The number of aryl methyl sites for hydroxylation is 2. The summed E-state index contributed by atoms with van der Waals surface area (Å²) < 4.78 is 10.7. The lowest BCUT2D eigenvalue weighted by Gasteiger charge is -2.12. The molecule has 0 amide bonds. The largest absolute Gasteiger partial charge is 0.493 e. The third-order valence-corrected chi connectivity index (χ3v) is 3.63. The van der Waals surface area contributed by atoms with Gasteiger partial charge in [0.15, 0.2) is 11.5 Å². The average molecular weight is 309 g/mol. The van der Waals surface area contributed by atoms with Gasteiger partial charge < -0.3 is 14.8 Å². The maximum Gasteiger partial charge on any atom is 0.162 e. The van der Waals surface area contributed by atoms with Crippen molar-refractivity contribution in [3.05, 3.63) is 47.8 Å². The van der Waals surface area contributed by atoms with E-state index in [4.69, 9.17) is 9.47 Å². The molecule has 1 N–H and O–H groups in total. The van der Waals surface area contributed by atoms with E-state index in [0.29, 0.717) is 11.5 Å². The van der Waals surface area contributed by atoms with E-state index in [9.17, 15) is 0 Å². The van der Waals surface area contributed by atoms with Crippen molar-refractivity contribution in [2.45, 2.75) is 13.8 Å². The first kappa shape index (κ1) is 15.1. The molecule has 23 heavy (non-hydrogen) atoms. The fourth-order valence-corrected chi connectivity index (χ4v) is 2.67. The first-order valence-electron chi connectivity index (χ1n) is 7.33. The van der Waals surface area contributed by atoms with Crippen molar-refractivity contribution < 1.29 is 9.47 Å². The zero-order valence-electron chi connectivity index (χ0n) is 13.7. The molecular formula is C18H19N3O2. The number of aromatic nitrogens is 2. The summed E-state index contributed by atoms with van der Waals surface area (Å²) in [4.78, 5) is 8.69. The van der Waals surface area contributed by atoms with E-state index < -0.39 is 0 Å². The van der Waals surface area contributed by atoms with Crippen LogP contribution in [0.15, 0.2) is 36.7 Å². The van der Waals surface area contributed by atoms with Gasteiger partial charge in [-0.05, 0) is 43.2 Å². The molecule has 0 unspecified atom stereocenters. The number of nitrogens with zero attached hydrogens (tertiary/aromatic N) is 2. The Bertz CT molecular complexity index is 842. The number of fused-ring (bicyclic) bond motifs is 1. The predicted octanol–water partition coefficient (Wildman–Crippen LogP) is 4.01. The Morgan fingerprint density at radius 1 is 0.826 bits per heavy atom. The van der Waals surface area contributed by atoms with Crippen LogP contribution in [0.25, 0.3) is 10.9 Å². The number of ether oxygens (including phenoxy) is 2. The van der Waals surface area contributed by atoms with Gasteiger partial charge in [0, 0.05) is 17.1 Å². The van der Waals surface area contributed by atoms with Gasteiger partial charge in [-0.25, -0.2) is 9.97 Å². The van der Waals surface area contributed by atoms with Crippen LogP contribution in [0.2, 0.25) is 0 Å². The summed E-state index contributed by atoms with van der Waals surface area (Å²) in [7, 11) is 3.23. The van der Waals surface area contributed by atoms with E-state index in [1.165, 1.54) is 11.1 Å². The molecule has 0 aliphatic heterocycles. The molecule has 0 radical (unpaired) electrons. The van der Waals surface area contributed by atoms with E-state index in [2.05, 4.69) is 47.3 Å². The molecule has 2 aromatic carbocycles. The minimum Gasteiger partial charge on any atom is -0.493 e. The summed E-state index contributed by atoms with van der Waals surface area (Å²) in [5.41, 5.74) is 4.19. The van der Waals surface area contributed by atoms with E-state index in [1.54, 1.807) is 20.5 Å². The minimum absolute atomic E-state index is 0.649. The summed E-state index contributed by atoms with van der Waals surface area (Å²) in [6.07, 6.45) is 1.54. The first-order valence-corrected chi connectivity index (χ1v) is 7.33. The second-order valence-corrected chi connectivity index (χ2v) is 5.45. The summed E-state index contributed by atoms with van der Waals surface area (Å²) in [5, 5.41) is 4.25. The first-order chi connectivity index (χ1) is 11.1. The summed E-state index contributed by atoms with van der Waals surface area (Å²) >= 11 is 0. The number of benzene rings is 2. The molecule has 1 aromatic heterocycles. The quantitative estimate of drug-likeness (QED) is 0.789. The van der Waals surface area contributed by atoms with Crippen LogP contribution in [0, 0.1) is 13.8 Å². The van der Waals surface area contributed by atoms with Gasteiger partial charge in [0.25, 0.3) is 0 Å². The highest BCUT2D eigenvalue weighted by Crippen LogP contribution is 2.34. The van der Waals surface area contributed by atoms with Gasteiger partial charge in [-0.1, -0.05) is 6.07 Å². The van der Waals surface area contributed by atoms with Crippen molar-refractivity contribution in [1.82, 2.24) is 9.97 Å². The molecule has 0 spiro atoms. The van der Waals surface area contributed by atoms with Crippen molar-refractivity contribution in [1.29, 1.82) is 0 Å². The normalized spacial score (nSPS) is 10.6. The SMILES string of the molecule is COc1cc2ncnc(Nc3cc(C)cc(C)c3)c2cc1OC. The molecule has 0 bridgehead atoms. The Morgan fingerprint density at radius 3 is 2.13 bits per heavy atom. The van der Waals surface area contributed by atoms with Gasteiger partial charge in [-0.2, -0.15) is 0 Å². The van der Waals surface area contributed by atoms with Crippen molar-refractivity contribution in [2.75, 3.05) is 19.5 Å². The third-order valence-electron chi connectivity index (χ3n) is 3.63.